The summed E-state index contributed by atoms with van der Waals surface area (Å²) in [5, 5.41) is 4.01. The molecule has 20 heavy (non-hydrogen) atoms. The van der Waals surface area contributed by atoms with E-state index in [-0.39, 0.29) is 24.0 Å². The second-order valence-corrected chi connectivity index (χ2v) is 6.83. The molecule has 6 heteroatoms. The molecule has 1 amide bonds. The maximum absolute atomic E-state index is 11.7. The molecule has 1 atom stereocenters. The quantitative estimate of drug-likeness (QED) is 0.797. The molecule has 1 aliphatic rings. The number of hydrogen-bond acceptors (Lipinski definition) is 4. The number of hydrogen-bond donors (Lipinski definition) is 1. The lowest BCUT2D eigenvalue weighted by atomic mass is 10.1. The Morgan fingerprint density at radius 1 is 1.40 bits per heavy atom. The molecule has 0 bridgehead atoms. The predicted molar refractivity (Wildman–Crippen MR) is 76.6 cm³/mol. The van der Waals surface area contributed by atoms with Crippen molar-refractivity contribution in [2.24, 2.45) is 5.92 Å². The fourth-order valence-corrected chi connectivity index (χ4v) is 3.52. The summed E-state index contributed by atoms with van der Waals surface area (Å²) < 4.78 is 22.4. The number of sulfone groups is 1. The topological polar surface area (TPSA) is 76.1 Å². The summed E-state index contributed by atoms with van der Waals surface area (Å²) in [6.45, 7) is 0.582. The number of nitrogens with one attached hydrogen (secondary N) is 1. The van der Waals surface area contributed by atoms with Gasteiger partial charge in [0.05, 0.1) is 5.75 Å². The van der Waals surface area contributed by atoms with E-state index in [1.807, 2.05) is 18.2 Å². The van der Waals surface area contributed by atoms with Crippen molar-refractivity contribution in [2.75, 3.05) is 12.3 Å². The van der Waals surface area contributed by atoms with Crippen LogP contribution in [0, 0.1) is 5.92 Å². The van der Waals surface area contributed by atoms with Crippen molar-refractivity contribution in [3.63, 3.8) is 0 Å². The van der Waals surface area contributed by atoms with Crippen LogP contribution < -0.4 is 5.32 Å². The summed E-state index contributed by atoms with van der Waals surface area (Å²) >= 11 is 0. The minimum absolute atomic E-state index is 0.0500. The first-order valence-corrected chi connectivity index (χ1v) is 8.34. The van der Waals surface area contributed by atoms with E-state index in [0.29, 0.717) is 6.54 Å². The zero-order chi connectivity index (χ0) is 14.4. The Kier molecular flexibility index (Phi) is 4.89. The molecule has 0 radical (unpaired) electrons. The maximum Gasteiger partial charge on any atom is 0.220 e. The van der Waals surface area contributed by atoms with Crippen molar-refractivity contribution >= 4 is 15.7 Å². The SMILES string of the molecule is O=C(C[C@H]1C=CS(=O)(=O)C1)NCCCc1ccccn1. The molecule has 0 unspecified atom stereocenters. The van der Waals surface area contributed by atoms with Gasteiger partial charge >= 0.3 is 0 Å². The molecule has 0 saturated carbocycles. The number of amides is 1. The molecule has 0 fully saturated rings. The summed E-state index contributed by atoms with van der Waals surface area (Å²) in [5.74, 6) is -0.234. The van der Waals surface area contributed by atoms with Gasteiger partial charge in [-0.3, -0.25) is 9.78 Å². The Morgan fingerprint density at radius 3 is 2.90 bits per heavy atom. The molecule has 2 rings (SSSR count). The molecule has 0 saturated heterocycles. The zero-order valence-electron chi connectivity index (χ0n) is 11.2. The van der Waals surface area contributed by atoms with Crippen molar-refractivity contribution in [3.05, 3.63) is 41.6 Å². The fourth-order valence-electron chi connectivity index (χ4n) is 2.12. The number of nitrogens with zero attached hydrogens (tertiary/aromatic N) is 1. The van der Waals surface area contributed by atoms with Crippen LogP contribution in [0.25, 0.3) is 0 Å². The molecule has 1 N–H and O–H groups in total. The van der Waals surface area contributed by atoms with Crippen molar-refractivity contribution in [1.29, 1.82) is 0 Å². The van der Waals surface area contributed by atoms with Gasteiger partial charge in [-0.05, 0) is 25.0 Å². The van der Waals surface area contributed by atoms with Gasteiger partial charge < -0.3 is 5.32 Å². The Bertz CT molecular complexity index is 582. The molecule has 0 spiro atoms. The number of carbonyl (C=O) groups is 1. The van der Waals surface area contributed by atoms with Crippen LogP contribution in [0.1, 0.15) is 18.5 Å². The molecule has 1 aromatic rings. The third-order valence-electron chi connectivity index (χ3n) is 3.11. The largest absolute Gasteiger partial charge is 0.356 e. The lowest BCUT2D eigenvalue weighted by molar-refractivity contribution is -0.121. The first-order valence-electron chi connectivity index (χ1n) is 6.63. The Balaban J connectivity index is 1.63. The average Bonchev–Trinajstić information content (AvgIpc) is 2.75. The first kappa shape index (κ1) is 14.7. The van der Waals surface area contributed by atoms with Gasteiger partial charge in [0.1, 0.15) is 0 Å². The van der Waals surface area contributed by atoms with Crippen LogP contribution in [0.15, 0.2) is 35.9 Å². The van der Waals surface area contributed by atoms with Crippen LogP contribution in [0.3, 0.4) is 0 Å². The molecule has 0 aliphatic carbocycles. The van der Waals surface area contributed by atoms with Gasteiger partial charge in [0.2, 0.25) is 5.91 Å². The molecular weight excluding hydrogens is 276 g/mol. The maximum atomic E-state index is 11.7. The standard InChI is InChI=1S/C14H18N2O3S/c17-14(10-12-6-9-20(18,19)11-12)16-8-3-5-13-4-1-2-7-15-13/h1-2,4,6-7,9,12H,3,5,8,10-11H2,(H,16,17)/t12-/m1/s1. The van der Waals surface area contributed by atoms with E-state index in [1.54, 1.807) is 12.3 Å². The third kappa shape index (κ3) is 4.77. The van der Waals surface area contributed by atoms with Gasteiger partial charge in [0, 0.05) is 36.2 Å². The van der Waals surface area contributed by atoms with E-state index in [1.165, 1.54) is 5.41 Å². The Morgan fingerprint density at radius 2 is 2.25 bits per heavy atom. The summed E-state index contributed by atoms with van der Waals surface area (Å²) in [4.78, 5) is 15.9. The summed E-state index contributed by atoms with van der Waals surface area (Å²) in [7, 11) is -3.07. The van der Waals surface area contributed by atoms with Crippen LogP contribution in [0.2, 0.25) is 0 Å². The lowest BCUT2D eigenvalue weighted by Crippen LogP contribution is -2.27. The Labute approximate surface area is 119 Å². The van der Waals surface area contributed by atoms with E-state index in [2.05, 4.69) is 10.3 Å². The number of aryl methyl sites for hydroxylation is 1. The van der Waals surface area contributed by atoms with Crippen LogP contribution in [-0.4, -0.2) is 31.6 Å². The van der Waals surface area contributed by atoms with Gasteiger partial charge in [0.25, 0.3) is 0 Å². The zero-order valence-corrected chi connectivity index (χ0v) is 12.0. The van der Waals surface area contributed by atoms with Gasteiger partial charge in [0.15, 0.2) is 9.84 Å². The summed E-state index contributed by atoms with van der Waals surface area (Å²) in [5.41, 5.74) is 1.01. The monoisotopic (exact) mass is 294 g/mol. The van der Waals surface area contributed by atoms with Crippen LogP contribution in [-0.2, 0) is 21.1 Å². The highest BCUT2D eigenvalue weighted by molar-refractivity contribution is 7.94. The van der Waals surface area contributed by atoms with Crippen LogP contribution in [0.4, 0.5) is 0 Å². The third-order valence-corrected chi connectivity index (χ3v) is 4.57. The summed E-state index contributed by atoms with van der Waals surface area (Å²) in [6.07, 6.45) is 5.23. The number of allylic oxidation sites excluding steroid dienone is 1. The average molecular weight is 294 g/mol. The number of rotatable bonds is 6. The molecule has 1 aliphatic heterocycles. The van der Waals surface area contributed by atoms with Gasteiger partial charge in [-0.1, -0.05) is 12.1 Å². The molecule has 2 heterocycles. The van der Waals surface area contributed by atoms with Crippen molar-refractivity contribution in [3.8, 4) is 0 Å². The normalized spacial score (nSPS) is 19.9. The van der Waals surface area contributed by atoms with Crippen molar-refractivity contribution in [1.82, 2.24) is 10.3 Å². The highest BCUT2D eigenvalue weighted by Crippen LogP contribution is 2.17. The van der Waals surface area contributed by atoms with Gasteiger partial charge in [-0.25, -0.2) is 8.42 Å². The Hall–Kier alpha value is -1.69. The van der Waals surface area contributed by atoms with E-state index < -0.39 is 9.84 Å². The lowest BCUT2D eigenvalue weighted by Gasteiger charge is -2.08. The van der Waals surface area contributed by atoms with Crippen molar-refractivity contribution < 1.29 is 13.2 Å². The van der Waals surface area contributed by atoms with E-state index in [4.69, 9.17) is 0 Å². The van der Waals surface area contributed by atoms with Crippen molar-refractivity contribution in [2.45, 2.75) is 19.3 Å². The molecule has 5 nitrogen and oxygen atoms in total. The minimum Gasteiger partial charge on any atom is -0.356 e. The van der Waals surface area contributed by atoms with Crippen LogP contribution >= 0.6 is 0 Å². The smallest absolute Gasteiger partial charge is 0.220 e. The second kappa shape index (κ2) is 6.65. The minimum atomic E-state index is -3.07. The second-order valence-electron chi connectivity index (χ2n) is 4.90. The fraction of sp³-hybridized carbons (Fsp3) is 0.429. The molecular formula is C14H18N2O3S. The molecule has 1 aromatic heterocycles. The van der Waals surface area contributed by atoms with E-state index in [9.17, 15) is 13.2 Å². The highest BCUT2D eigenvalue weighted by Gasteiger charge is 2.23. The number of carbonyl (C=O) groups excluding carboxylic acids is 1. The molecule has 108 valence electrons. The van der Waals surface area contributed by atoms with Gasteiger partial charge in [-0.2, -0.15) is 0 Å². The summed E-state index contributed by atoms with van der Waals surface area (Å²) in [6, 6.07) is 5.76. The highest BCUT2D eigenvalue weighted by atomic mass is 32.2. The van der Waals surface area contributed by atoms with Gasteiger partial charge in [-0.15, -0.1) is 0 Å². The predicted octanol–water partition coefficient (Wildman–Crippen LogP) is 1.08. The van der Waals surface area contributed by atoms with E-state index >= 15 is 0 Å². The molecule has 0 aromatic carbocycles. The number of pyridine rings is 1. The van der Waals surface area contributed by atoms with E-state index in [0.717, 1.165) is 18.5 Å². The van der Waals surface area contributed by atoms with Crippen LogP contribution in [0.5, 0.6) is 0 Å². The first-order chi connectivity index (χ1) is 9.55. The number of aromatic nitrogens is 1.